The molecule has 0 radical (unpaired) electrons. The minimum atomic E-state index is -3.70. The van der Waals surface area contributed by atoms with Crippen LogP contribution < -0.4 is 10.5 Å². The molecule has 6 nitrogen and oxygen atoms in total. The van der Waals surface area contributed by atoms with E-state index >= 15 is 0 Å². The number of rotatable bonds is 6. The van der Waals surface area contributed by atoms with Crippen molar-refractivity contribution >= 4 is 42.8 Å². The van der Waals surface area contributed by atoms with Crippen molar-refractivity contribution < 1.29 is 13.2 Å². The fourth-order valence-corrected chi connectivity index (χ4v) is 3.69. The Balaban J connectivity index is 1.55. The van der Waals surface area contributed by atoms with Crippen LogP contribution in [0.5, 0.6) is 0 Å². The summed E-state index contributed by atoms with van der Waals surface area (Å²) in [5.74, 6) is -0.0719. The van der Waals surface area contributed by atoms with E-state index in [1.807, 2.05) is 35.0 Å². The van der Waals surface area contributed by atoms with Crippen molar-refractivity contribution in [1.82, 2.24) is 9.88 Å². The Morgan fingerprint density at radius 1 is 1.12 bits per heavy atom. The molecule has 0 fully saturated rings. The first kappa shape index (κ1) is 18.6. The van der Waals surface area contributed by atoms with E-state index in [2.05, 4.69) is 21.2 Å². The number of amides is 1. The number of nitrogens with two attached hydrogens (primary N) is 1. The molecule has 0 spiro atoms. The molecular weight excluding hydrogens is 418 g/mol. The van der Waals surface area contributed by atoms with Gasteiger partial charge in [0, 0.05) is 41.1 Å². The third-order valence-electron chi connectivity index (χ3n) is 4.08. The average molecular weight is 436 g/mol. The molecule has 2 aromatic carbocycles. The summed E-state index contributed by atoms with van der Waals surface area (Å²) in [7, 11) is -3.70. The molecule has 3 rings (SSSR count). The fraction of sp³-hybridized carbons (Fsp3) is 0.167. The summed E-state index contributed by atoms with van der Waals surface area (Å²) in [6, 6.07) is 14.1. The van der Waals surface area contributed by atoms with Crippen molar-refractivity contribution in [3.63, 3.8) is 0 Å². The fourth-order valence-electron chi connectivity index (χ4n) is 2.69. The zero-order valence-electron chi connectivity index (χ0n) is 13.9. The van der Waals surface area contributed by atoms with Crippen molar-refractivity contribution in [2.24, 2.45) is 5.14 Å². The maximum atomic E-state index is 12.1. The van der Waals surface area contributed by atoms with Crippen LogP contribution in [-0.2, 0) is 27.9 Å². The van der Waals surface area contributed by atoms with Gasteiger partial charge in [0.15, 0.2) is 0 Å². The van der Waals surface area contributed by atoms with Crippen LogP contribution in [0.3, 0.4) is 0 Å². The van der Waals surface area contributed by atoms with Gasteiger partial charge in [-0.25, -0.2) is 13.6 Å². The van der Waals surface area contributed by atoms with Crippen LogP contribution in [-0.4, -0.2) is 18.9 Å². The highest BCUT2D eigenvalue weighted by molar-refractivity contribution is 9.10. The monoisotopic (exact) mass is 435 g/mol. The molecule has 26 heavy (non-hydrogen) atoms. The quantitative estimate of drug-likeness (QED) is 0.622. The van der Waals surface area contributed by atoms with Crippen molar-refractivity contribution in [1.29, 1.82) is 0 Å². The van der Waals surface area contributed by atoms with Crippen molar-refractivity contribution in [3.05, 3.63) is 64.8 Å². The van der Waals surface area contributed by atoms with Crippen LogP contribution in [0.4, 0.5) is 0 Å². The van der Waals surface area contributed by atoms with E-state index < -0.39 is 10.0 Å². The van der Waals surface area contributed by atoms with E-state index in [0.717, 1.165) is 20.9 Å². The molecule has 0 aliphatic carbocycles. The molecule has 0 aliphatic heterocycles. The molecule has 3 N–H and O–H groups in total. The number of hydrogen-bond donors (Lipinski definition) is 2. The normalized spacial score (nSPS) is 11.6. The van der Waals surface area contributed by atoms with Gasteiger partial charge >= 0.3 is 0 Å². The van der Waals surface area contributed by atoms with Crippen LogP contribution in [0.15, 0.2) is 64.1 Å². The summed E-state index contributed by atoms with van der Waals surface area (Å²) in [5.41, 5.74) is 1.88. The Morgan fingerprint density at radius 3 is 2.54 bits per heavy atom. The lowest BCUT2D eigenvalue weighted by atomic mass is 10.2. The summed E-state index contributed by atoms with van der Waals surface area (Å²) in [4.78, 5) is 12.1. The maximum Gasteiger partial charge on any atom is 0.238 e. The molecule has 0 aliphatic rings. The van der Waals surface area contributed by atoms with E-state index in [9.17, 15) is 13.2 Å². The minimum absolute atomic E-state index is 0.0539. The second-order valence-corrected chi connectivity index (χ2v) is 8.31. The van der Waals surface area contributed by atoms with Gasteiger partial charge in [0.2, 0.25) is 15.9 Å². The molecule has 0 bridgehead atoms. The first-order valence-corrected chi connectivity index (χ1v) is 10.3. The molecule has 1 amide bonds. The molecule has 0 saturated heterocycles. The smallest absolute Gasteiger partial charge is 0.238 e. The zero-order chi connectivity index (χ0) is 18.7. The number of aryl methyl sites for hydroxylation is 1. The lowest BCUT2D eigenvalue weighted by molar-refractivity contribution is -0.121. The van der Waals surface area contributed by atoms with E-state index in [-0.39, 0.29) is 10.8 Å². The number of sulfonamides is 1. The lowest BCUT2D eigenvalue weighted by Gasteiger charge is -2.08. The van der Waals surface area contributed by atoms with Gasteiger partial charge in [-0.3, -0.25) is 4.79 Å². The molecule has 8 heteroatoms. The molecule has 136 valence electrons. The summed E-state index contributed by atoms with van der Waals surface area (Å²) in [6.45, 7) is 0.915. The summed E-state index contributed by atoms with van der Waals surface area (Å²) in [5, 5.41) is 9.01. The van der Waals surface area contributed by atoms with E-state index in [1.54, 1.807) is 12.1 Å². The van der Waals surface area contributed by atoms with Crippen LogP contribution in [0.25, 0.3) is 10.9 Å². The molecule has 0 atom stereocenters. The van der Waals surface area contributed by atoms with Gasteiger partial charge < -0.3 is 9.88 Å². The highest BCUT2D eigenvalue weighted by atomic mass is 79.9. The number of carbonyl (C=O) groups excluding carboxylic acids is 1. The van der Waals surface area contributed by atoms with Gasteiger partial charge in [0.25, 0.3) is 0 Å². The van der Waals surface area contributed by atoms with Crippen molar-refractivity contribution in [2.45, 2.75) is 24.4 Å². The molecule has 1 heterocycles. The topological polar surface area (TPSA) is 94.2 Å². The van der Waals surface area contributed by atoms with Gasteiger partial charge in [-0.1, -0.05) is 34.1 Å². The number of aromatic nitrogens is 1. The Bertz CT molecular complexity index is 1040. The summed E-state index contributed by atoms with van der Waals surface area (Å²) < 4.78 is 25.5. The molecule has 3 aromatic rings. The number of carbonyl (C=O) groups is 1. The number of hydrogen-bond acceptors (Lipinski definition) is 3. The van der Waals surface area contributed by atoms with E-state index in [1.165, 1.54) is 12.1 Å². The Kier molecular flexibility index (Phi) is 5.45. The second kappa shape index (κ2) is 7.61. The first-order valence-electron chi connectivity index (χ1n) is 7.96. The third kappa shape index (κ3) is 4.32. The minimum Gasteiger partial charge on any atom is -0.352 e. The summed E-state index contributed by atoms with van der Waals surface area (Å²) >= 11 is 3.52. The number of primary sulfonamides is 1. The van der Waals surface area contributed by atoms with Gasteiger partial charge in [-0.05, 0) is 35.9 Å². The van der Waals surface area contributed by atoms with Crippen LogP contribution in [0.2, 0.25) is 0 Å². The predicted molar refractivity (Wildman–Crippen MR) is 104 cm³/mol. The Morgan fingerprint density at radius 2 is 1.85 bits per heavy atom. The lowest BCUT2D eigenvalue weighted by Crippen LogP contribution is -2.23. The molecule has 0 saturated carbocycles. The first-order chi connectivity index (χ1) is 12.3. The number of benzene rings is 2. The van der Waals surface area contributed by atoms with Gasteiger partial charge in [-0.2, -0.15) is 0 Å². The number of nitrogens with one attached hydrogen (secondary N) is 1. The van der Waals surface area contributed by atoms with Gasteiger partial charge in [0.05, 0.1) is 4.90 Å². The van der Waals surface area contributed by atoms with Gasteiger partial charge in [-0.15, -0.1) is 0 Å². The van der Waals surface area contributed by atoms with E-state index in [0.29, 0.717) is 19.5 Å². The average Bonchev–Trinajstić information content (AvgIpc) is 3.02. The van der Waals surface area contributed by atoms with Crippen LogP contribution >= 0.6 is 15.9 Å². The SMILES string of the molecule is NS(=O)(=O)c1ccc(CNC(=O)CCn2ccc3c(Br)cccc32)cc1. The standard InChI is InChI=1S/C18H18BrN3O3S/c19-16-2-1-3-17-15(16)8-10-22(17)11-9-18(23)21-12-13-4-6-14(7-5-13)26(20,24)25/h1-8,10H,9,11-12H2,(H,21,23)(H2,20,24,25). The molecule has 0 unspecified atom stereocenters. The largest absolute Gasteiger partial charge is 0.352 e. The molecule has 1 aromatic heterocycles. The van der Waals surface area contributed by atoms with Crippen molar-refractivity contribution in [2.75, 3.05) is 0 Å². The van der Waals surface area contributed by atoms with E-state index in [4.69, 9.17) is 5.14 Å². The highest BCUT2D eigenvalue weighted by Crippen LogP contribution is 2.24. The Labute approximate surface area is 160 Å². The highest BCUT2D eigenvalue weighted by Gasteiger charge is 2.08. The van der Waals surface area contributed by atoms with Crippen LogP contribution in [0, 0.1) is 0 Å². The predicted octanol–water partition coefficient (Wildman–Crippen LogP) is 2.76. The molecular formula is C18H18BrN3O3S. The number of fused-ring (bicyclic) bond motifs is 1. The number of nitrogens with zero attached hydrogens (tertiary/aromatic N) is 1. The Hall–Kier alpha value is -2.16. The van der Waals surface area contributed by atoms with Crippen molar-refractivity contribution in [3.8, 4) is 0 Å². The van der Waals surface area contributed by atoms with Crippen LogP contribution in [0.1, 0.15) is 12.0 Å². The zero-order valence-corrected chi connectivity index (χ0v) is 16.3. The number of halogens is 1. The third-order valence-corrected chi connectivity index (χ3v) is 5.70. The second-order valence-electron chi connectivity index (χ2n) is 5.90. The summed E-state index contributed by atoms with van der Waals surface area (Å²) in [6.07, 6.45) is 2.32. The van der Waals surface area contributed by atoms with Gasteiger partial charge in [0.1, 0.15) is 0 Å². The maximum absolute atomic E-state index is 12.1.